The average Bonchev–Trinajstić information content (AvgIpc) is 3.01. The van der Waals surface area contributed by atoms with Gasteiger partial charge in [0.1, 0.15) is 12.1 Å². The van der Waals surface area contributed by atoms with E-state index in [9.17, 15) is 14.4 Å². The summed E-state index contributed by atoms with van der Waals surface area (Å²) in [4.78, 5) is 39.8. The van der Waals surface area contributed by atoms with Crippen molar-refractivity contribution in [2.24, 2.45) is 5.92 Å². The number of amides is 4. The summed E-state index contributed by atoms with van der Waals surface area (Å²) in [5, 5.41) is 5.95. The fourth-order valence-corrected chi connectivity index (χ4v) is 4.81. The maximum Gasteiger partial charge on any atom is 0.325 e. The molecule has 2 N–H and O–H groups in total. The van der Waals surface area contributed by atoms with Crippen LogP contribution in [0.1, 0.15) is 49.8 Å². The minimum Gasteiger partial charge on any atom is -0.347 e. The van der Waals surface area contributed by atoms with Crippen LogP contribution in [-0.2, 0) is 16.0 Å². The van der Waals surface area contributed by atoms with Gasteiger partial charge in [-0.2, -0.15) is 0 Å². The second-order valence-electron chi connectivity index (χ2n) is 8.66. The van der Waals surface area contributed by atoms with Gasteiger partial charge in [0.05, 0.1) is 6.04 Å². The fraction of sp³-hybridized carbons (Fsp3) is 0.400. The van der Waals surface area contributed by atoms with Crippen LogP contribution >= 0.6 is 0 Å². The molecule has 3 atom stereocenters. The molecular formula is C25H29N3O3. The molecule has 2 aromatic rings. The Labute approximate surface area is 183 Å². The van der Waals surface area contributed by atoms with Crippen LogP contribution in [0.4, 0.5) is 4.79 Å². The van der Waals surface area contributed by atoms with E-state index in [0.29, 0.717) is 12.8 Å². The monoisotopic (exact) mass is 419 g/mol. The van der Waals surface area contributed by atoms with E-state index in [1.165, 1.54) is 0 Å². The van der Waals surface area contributed by atoms with E-state index in [0.717, 1.165) is 35.3 Å². The number of imide groups is 1. The Bertz CT molecular complexity index is 947. The molecule has 31 heavy (non-hydrogen) atoms. The predicted molar refractivity (Wildman–Crippen MR) is 118 cm³/mol. The molecule has 1 saturated carbocycles. The SMILES string of the molecule is C[C@H]1CCCC[C@@]12NC(=O)N(CC(=O)N[C@@H](Cc1ccccc1)c1ccccc1)C2=O. The Morgan fingerprint density at radius 1 is 1.10 bits per heavy atom. The highest BCUT2D eigenvalue weighted by Gasteiger charge is 2.55. The van der Waals surface area contributed by atoms with Crippen molar-refractivity contribution in [3.05, 3.63) is 71.8 Å². The normalized spacial score (nSPS) is 24.2. The Hall–Kier alpha value is -3.15. The van der Waals surface area contributed by atoms with Crippen molar-refractivity contribution < 1.29 is 14.4 Å². The first-order chi connectivity index (χ1) is 15.0. The average molecular weight is 420 g/mol. The van der Waals surface area contributed by atoms with Gasteiger partial charge < -0.3 is 10.6 Å². The lowest BCUT2D eigenvalue weighted by Gasteiger charge is -2.36. The number of urea groups is 1. The first-order valence-electron chi connectivity index (χ1n) is 11.0. The lowest BCUT2D eigenvalue weighted by molar-refractivity contribution is -0.137. The molecular weight excluding hydrogens is 390 g/mol. The van der Waals surface area contributed by atoms with Crippen molar-refractivity contribution in [2.45, 2.75) is 50.6 Å². The highest BCUT2D eigenvalue weighted by Crippen LogP contribution is 2.38. The van der Waals surface area contributed by atoms with Gasteiger partial charge in [0, 0.05) is 0 Å². The number of hydrogen-bond acceptors (Lipinski definition) is 3. The molecule has 0 radical (unpaired) electrons. The van der Waals surface area contributed by atoms with Crippen molar-refractivity contribution in [1.29, 1.82) is 0 Å². The minimum atomic E-state index is -0.849. The third kappa shape index (κ3) is 4.33. The van der Waals surface area contributed by atoms with Crippen LogP contribution in [0.25, 0.3) is 0 Å². The summed E-state index contributed by atoms with van der Waals surface area (Å²) in [6, 6.07) is 19.0. The Kier molecular flexibility index (Phi) is 6.07. The van der Waals surface area contributed by atoms with Crippen LogP contribution < -0.4 is 10.6 Å². The molecule has 162 valence electrons. The Balaban J connectivity index is 1.47. The van der Waals surface area contributed by atoms with Gasteiger partial charge in [-0.25, -0.2) is 4.79 Å². The molecule has 6 heteroatoms. The van der Waals surface area contributed by atoms with Gasteiger partial charge in [0.25, 0.3) is 5.91 Å². The highest BCUT2D eigenvalue weighted by molar-refractivity contribution is 6.09. The molecule has 0 unspecified atom stereocenters. The summed E-state index contributed by atoms with van der Waals surface area (Å²) in [5.74, 6) is -0.533. The van der Waals surface area contributed by atoms with Gasteiger partial charge >= 0.3 is 6.03 Å². The molecule has 1 aliphatic carbocycles. The molecule has 4 amide bonds. The lowest BCUT2D eigenvalue weighted by Crippen LogP contribution is -2.54. The third-order valence-electron chi connectivity index (χ3n) is 6.62. The first-order valence-corrected chi connectivity index (χ1v) is 11.0. The lowest BCUT2D eigenvalue weighted by atomic mass is 9.73. The molecule has 2 aliphatic rings. The van der Waals surface area contributed by atoms with Crippen LogP contribution in [0, 0.1) is 5.92 Å². The molecule has 0 aromatic heterocycles. The zero-order chi connectivity index (χ0) is 21.8. The predicted octanol–water partition coefficient (Wildman–Crippen LogP) is 3.59. The third-order valence-corrected chi connectivity index (χ3v) is 6.62. The smallest absolute Gasteiger partial charge is 0.325 e. The quantitative estimate of drug-likeness (QED) is 0.703. The van der Waals surface area contributed by atoms with Gasteiger partial charge in [0.15, 0.2) is 0 Å². The molecule has 1 saturated heterocycles. The van der Waals surface area contributed by atoms with Crippen molar-refractivity contribution in [1.82, 2.24) is 15.5 Å². The van der Waals surface area contributed by atoms with E-state index in [1.54, 1.807) is 0 Å². The number of hydrogen-bond donors (Lipinski definition) is 2. The highest BCUT2D eigenvalue weighted by atomic mass is 16.2. The van der Waals surface area contributed by atoms with Gasteiger partial charge in [0.2, 0.25) is 5.91 Å². The van der Waals surface area contributed by atoms with Gasteiger partial charge in [-0.3, -0.25) is 14.5 Å². The molecule has 4 rings (SSSR count). The molecule has 1 spiro atoms. The standard InChI is InChI=1S/C25H29N3O3/c1-18-10-8-9-15-25(18)23(30)28(24(31)27-25)17-22(29)26-21(20-13-6-3-7-14-20)16-19-11-4-2-5-12-19/h2-7,11-14,18,21H,8-10,15-17H2,1H3,(H,26,29)(H,27,31)/t18-,21-,25+/m0/s1. The summed E-state index contributed by atoms with van der Waals surface area (Å²) in [6.07, 6.45) is 4.13. The van der Waals surface area contributed by atoms with Crippen LogP contribution in [-0.4, -0.2) is 34.8 Å². The van der Waals surface area contributed by atoms with E-state index < -0.39 is 11.6 Å². The molecule has 2 fully saturated rings. The van der Waals surface area contributed by atoms with Gasteiger partial charge in [-0.05, 0) is 36.3 Å². The topological polar surface area (TPSA) is 78.5 Å². The summed E-state index contributed by atoms with van der Waals surface area (Å²) in [5.41, 5.74) is 1.23. The van der Waals surface area contributed by atoms with E-state index in [4.69, 9.17) is 0 Å². The summed E-state index contributed by atoms with van der Waals surface area (Å²) in [7, 11) is 0. The van der Waals surface area contributed by atoms with Crippen LogP contribution in [0.3, 0.4) is 0 Å². The zero-order valence-electron chi connectivity index (χ0n) is 17.8. The molecule has 0 bridgehead atoms. The number of carbonyl (C=O) groups is 3. The van der Waals surface area contributed by atoms with E-state index in [1.807, 2.05) is 67.6 Å². The molecule has 1 heterocycles. The summed E-state index contributed by atoms with van der Waals surface area (Å²) >= 11 is 0. The Morgan fingerprint density at radius 3 is 2.45 bits per heavy atom. The van der Waals surface area contributed by atoms with E-state index >= 15 is 0 Å². The van der Waals surface area contributed by atoms with Crippen LogP contribution in [0.5, 0.6) is 0 Å². The van der Waals surface area contributed by atoms with Crippen molar-refractivity contribution in [3.63, 3.8) is 0 Å². The second-order valence-corrected chi connectivity index (χ2v) is 8.66. The summed E-state index contributed by atoms with van der Waals surface area (Å²) < 4.78 is 0. The molecule has 1 aliphatic heterocycles. The number of nitrogens with one attached hydrogen (secondary N) is 2. The van der Waals surface area contributed by atoms with Gasteiger partial charge in [-0.15, -0.1) is 0 Å². The molecule has 2 aromatic carbocycles. The Morgan fingerprint density at radius 2 is 1.77 bits per heavy atom. The number of nitrogens with zero attached hydrogens (tertiary/aromatic N) is 1. The summed E-state index contributed by atoms with van der Waals surface area (Å²) in [6.45, 7) is 1.74. The maximum absolute atomic E-state index is 13.1. The van der Waals surface area contributed by atoms with E-state index in [-0.39, 0.29) is 30.3 Å². The van der Waals surface area contributed by atoms with Crippen molar-refractivity contribution in [3.8, 4) is 0 Å². The zero-order valence-corrected chi connectivity index (χ0v) is 17.8. The minimum absolute atomic E-state index is 0.0703. The second kappa shape index (κ2) is 8.92. The number of carbonyl (C=O) groups excluding carboxylic acids is 3. The largest absolute Gasteiger partial charge is 0.347 e. The van der Waals surface area contributed by atoms with Crippen molar-refractivity contribution >= 4 is 17.8 Å². The first kappa shape index (κ1) is 21.1. The maximum atomic E-state index is 13.1. The van der Waals surface area contributed by atoms with Crippen LogP contribution in [0.2, 0.25) is 0 Å². The van der Waals surface area contributed by atoms with E-state index in [2.05, 4.69) is 10.6 Å². The fourth-order valence-electron chi connectivity index (χ4n) is 4.81. The van der Waals surface area contributed by atoms with Crippen molar-refractivity contribution in [2.75, 3.05) is 6.54 Å². The molecule has 6 nitrogen and oxygen atoms in total. The van der Waals surface area contributed by atoms with Gasteiger partial charge in [-0.1, -0.05) is 80.4 Å². The van der Waals surface area contributed by atoms with Crippen LogP contribution in [0.15, 0.2) is 60.7 Å². The number of benzene rings is 2. The number of rotatable bonds is 6.